The zero-order valence-corrected chi connectivity index (χ0v) is 11.9. The predicted molar refractivity (Wildman–Crippen MR) is 71.7 cm³/mol. The second-order valence-corrected chi connectivity index (χ2v) is 6.46. The first-order valence-corrected chi connectivity index (χ1v) is 6.96. The van der Waals surface area contributed by atoms with Crippen LogP contribution in [0.15, 0.2) is 5.11 Å². The molecule has 1 amide bonds. The van der Waals surface area contributed by atoms with Crippen molar-refractivity contribution in [2.24, 2.45) is 5.11 Å². The molecule has 0 aromatic heterocycles. The SMILES string of the molecule is CC(C)(C)OC(=O)N1C2CCCC1CC(N=[N+]=[N-])C2. The molecule has 0 spiro atoms. The van der Waals surface area contributed by atoms with Crippen LogP contribution >= 0.6 is 0 Å². The molecule has 19 heavy (non-hydrogen) atoms. The molecule has 0 saturated carbocycles. The lowest BCUT2D eigenvalue weighted by atomic mass is 9.82. The van der Waals surface area contributed by atoms with Crippen molar-refractivity contribution in [3.63, 3.8) is 0 Å². The number of amides is 1. The van der Waals surface area contributed by atoms with Crippen molar-refractivity contribution in [3.8, 4) is 0 Å². The number of hydrogen-bond donors (Lipinski definition) is 0. The number of ether oxygens (including phenoxy) is 1. The molecule has 6 nitrogen and oxygen atoms in total. The van der Waals surface area contributed by atoms with E-state index in [1.54, 1.807) is 0 Å². The highest BCUT2D eigenvalue weighted by atomic mass is 16.6. The summed E-state index contributed by atoms with van der Waals surface area (Å²) in [5, 5.41) is 3.84. The van der Waals surface area contributed by atoms with Crippen molar-refractivity contribution in [2.75, 3.05) is 0 Å². The molecule has 2 unspecified atom stereocenters. The molecule has 0 aliphatic carbocycles. The highest BCUT2D eigenvalue weighted by Gasteiger charge is 2.42. The van der Waals surface area contributed by atoms with Crippen LogP contribution in [0.2, 0.25) is 0 Å². The summed E-state index contributed by atoms with van der Waals surface area (Å²) < 4.78 is 5.49. The Bertz CT molecular complexity index is 384. The molecule has 2 bridgehead atoms. The van der Waals surface area contributed by atoms with E-state index in [2.05, 4.69) is 10.0 Å². The van der Waals surface area contributed by atoms with Gasteiger partial charge in [0.05, 0.1) is 0 Å². The van der Waals surface area contributed by atoms with E-state index in [9.17, 15) is 4.79 Å². The smallest absolute Gasteiger partial charge is 0.410 e. The maximum atomic E-state index is 12.3. The van der Waals surface area contributed by atoms with Crippen LogP contribution in [0.3, 0.4) is 0 Å². The fraction of sp³-hybridized carbons (Fsp3) is 0.923. The van der Waals surface area contributed by atoms with Gasteiger partial charge in [0.25, 0.3) is 0 Å². The molecule has 2 heterocycles. The summed E-state index contributed by atoms with van der Waals surface area (Å²) in [5.74, 6) is 0. The molecule has 2 aliphatic rings. The number of hydrogen-bond acceptors (Lipinski definition) is 3. The number of carbonyl (C=O) groups is 1. The third kappa shape index (κ3) is 3.32. The van der Waals surface area contributed by atoms with E-state index >= 15 is 0 Å². The Balaban J connectivity index is 2.09. The average Bonchev–Trinajstić information content (AvgIpc) is 2.25. The van der Waals surface area contributed by atoms with Gasteiger partial charge in [-0.25, -0.2) is 4.79 Å². The van der Waals surface area contributed by atoms with Crippen LogP contribution in [0.25, 0.3) is 10.4 Å². The normalized spacial score (nSPS) is 30.5. The monoisotopic (exact) mass is 266 g/mol. The van der Waals surface area contributed by atoms with Crippen molar-refractivity contribution >= 4 is 6.09 Å². The zero-order chi connectivity index (χ0) is 14.0. The van der Waals surface area contributed by atoms with Crippen LogP contribution in [0.1, 0.15) is 52.9 Å². The largest absolute Gasteiger partial charge is 0.444 e. The first kappa shape index (κ1) is 14.0. The zero-order valence-electron chi connectivity index (χ0n) is 11.9. The molecule has 2 rings (SSSR count). The highest BCUT2D eigenvalue weighted by Crippen LogP contribution is 2.36. The lowest BCUT2D eigenvalue weighted by Crippen LogP contribution is -2.56. The minimum atomic E-state index is -0.465. The van der Waals surface area contributed by atoms with Crippen LogP contribution in [-0.4, -0.2) is 34.7 Å². The van der Waals surface area contributed by atoms with Gasteiger partial charge in [0.15, 0.2) is 0 Å². The quantitative estimate of drug-likeness (QED) is 0.413. The van der Waals surface area contributed by atoms with Gasteiger partial charge in [0, 0.05) is 23.0 Å². The average molecular weight is 266 g/mol. The molecule has 0 N–H and O–H groups in total. The van der Waals surface area contributed by atoms with Gasteiger partial charge >= 0.3 is 6.09 Å². The second kappa shape index (κ2) is 5.29. The summed E-state index contributed by atoms with van der Waals surface area (Å²) in [6.45, 7) is 5.65. The van der Waals surface area contributed by atoms with E-state index in [1.165, 1.54) is 0 Å². The van der Waals surface area contributed by atoms with Crippen LogP contribution in [0.4, 0.5) is 4.79 Å². The first-order valence-electron chi connectivity index (χ1n) is 6.96. The van der Waals surface area contributed by atoms with Crippen LogP contribution in [-0.2, 0) is 4.74 Å². The topological polar surface area (TPSA) is 78.3 Å². The van der Waals surface area contributed by atoms with Crippen LogP contribution < -0.4 is 0 Å². The van der Waals surface area contributed by atoms with Crippen molar-refractivity contribution < 1.29 is 9.53 Å². The summed E-state index contributed by atoms with van der Waals surface area (Å²) in [5.41, 5.74) is 8.10. The van der Waals surface area contributed by atoms with Gasteiger partial charge in [0.2, 0.25) is 0 Å². The molecule has 2 fully saturated rings. The third-order valence-electron chi connectivity index (χ3n) is 3.77. The third-order valence-corrected chi connectivity index (χ3v) is 3.77. The number of piperidine rings is 2. The number of azide groups is 1. The molecular weight excluding hydrogens is 244 g/mol. The van der Waals surface area contributed by atoms with E-state index in [1.807, 2.05) is 25.7 Å². The summed E-state index contributed by atoms with van der Waals surface area (Å²) >= 11 is 0. The van der Waals surface area contributed by atoms with Crippen LogP contribution in [0.5, 0.6) is 0 Å². The van der Waals surface area contributed by atoms with Gasteiger partial charge in [-0.2, -0.15) is 0 Å². The molecule has 0 aromatic rings. The van der Waals surface area contributed by atoms with E-state index in [-0.39, 0.29) is 24.2 Å². The van der Waals surface area contributed by atoms with Crippen molar-refractivity contribution in [1.29, 1.82) is 0 Å². The van der Waals surface area contributed by atoms with Crippen LogP contribution in [0, 0.1) is 0 Å². The molecular formula is C13H22N4O2. The fourth-order valence-electron chi connectivity index (χ4n) is 3.13. The van der Waals surface area contributed by atoms with Gasteiger partial charge in [-0.15, -0.1) is 0 Å². The minimum Gasteiger partial charge on any atom is -0.444 e. The minimum absolute atomic E-state index is 0.0268. The van der Waals surface area contributed by atoms with E-state index in [0.717, 1.165) is 32.1 Å². The molecule has 2 aliphatic heterocycles. The summed E-state index contributed by atoms with van der Waals surface area (Å²) in [6.07, 6.45) is 4.40. The summed E-state index contributed by atoms with van der Waals surface area (Å²) in [4.78, 5) is 17.1. The molecule has 2 atom stereocenters. The molecule has 0 radical (unpaired) electrons. The fourth-order valence-corrected chi connectivity index (χ4v) is 3.13. The van der Waals surface area contributed by atoms with Crippen molar-refractivity contribution in [2.45, 2.75) is 76.6 Å². The van der Waals surface area contributed by atoms with E-state index in [0.29, 0.717) is 0 Å². The number of rotatable bonds is 1. The Kier molecular flexibility index (Phi) is 3.90. The Hall–Kier alpha value is -1.42. The summed E-state index contributed by atoms with van der Waals surface area (Å²) in [6, 6.07) is 0.356. The Morgan fingerprint density at radius 1 is 1.32 bits per heavy atom. The second-order valence-electron chi connectivity index (χ2n) is 6.46. The van der Waals surface area contributed by atoms with Crippen molar-refractivity contribution in [3.05, 3.63) is 10.4 Å². The Morgan fingerprint density at radius 2 is 1.89 bits per heavy atom. The van der Waals surface area contributed by atoms with E-state index in [4.69, 9.17) is 10.3 Å². The van der Waals surface area contributed by atoms with Gasteiger partial charge in [0.1, 0.15) is 5.60 Å². The molecule has 2 saturated heterocycles. The highest BCUT2D eigenvalue weighted by molar-refractivity contribution is 5.69. The van der Waals surface area contributed by atoms with Gasteiger partial charge in [-0.1, -0.05) is 5.11 Å². The number of nitrogens with zero attached hydrogens (tertiary/aromatic N) is 4. The predicted octanol–water partition coefficient (Wildman–Crippen LogP) is 3.62. The lowest BCUT2D eigenvalue weighted by molar-refractivity contribution is -0.0210. The standard InChI is InChI=1S/C13H22N4O2/c1-13(2,3)19-12(18)17-10-5-4-6-11(17)8-9(7-10)15-16-14/h9-11H,4-8H2,1-3H3. The number of fused-ring (bicyclic) bond motifs is 2. The van der Waals surface area contributed by atoms with Gasteiger partial charge in [-0.3, -0.25) is 0 Å². The Morgan fingerprint density at radius 3 is 2.37 bits per heavy atom. The number of carbonyl (C=O) groups excluding carboxylic acids is 1. The summed E-state index contributed by atoms with van der Waals surface area (Å²) in [7, 11) is 0. The molecule has 6 heteroatoms. The lowest BCUT2D eigenvalue weighted by Gasteiger charge is -2.47. The van der Waals surface area contributed by atoms with E-state index < -0.39 is 5.60 Å². The van der Waals surface area contributed by atoms with Crippen molar-refractivity contribution in [1.82, 2.24) is 4.90 Å². The maximum absolute atomic E-state index is 12.3. The van der Waals surface area contributed by atoms with Gasteiger partial charge in [-0.05, 0) is 58.4 Å². The molecule has 0 aromatic carbocycles. The van der Waals surface area contributed by atoms with Gasteiger partial charge < -0.3 is 9.64 Å². The maximum Gasteiger partial charge on any atom is 0.410 e. The first-order chi connectivity index (χ1) is 8.90. The Labute approximate surface area is 113 Å². The molecule has 106 valence electrons.